The molecule has 0 amide bonds. The van der Waals surface area contributed by atoms with E-state index < -0.39 is 0 Å². The molecule has 1 N–H and O–H groups in total. The van der Waals surface area contributed by atoms with Crippen molar-refractivity contribution in [2.24, 2.45) is 0 Å². The minimum absolute atomic E-state index is 0.380. The quantitative estimate of drug-likeness (QED) is 0.883. The summed E-state index contributed by atoms with van der Waals surface area (Å²) in [6.07, 6.45) is 4.54. The summed E-state index contributed by atoms with van der Waals surface area (Å²) >= 11 is 0. The number of benzene rings is 1. The van der Waals surface area contributed by atoms with Crippen LogP contribution in [-0.4, -0.2) is 24.1 Å². The van der Waals surface area contributed by atoms with Crippen LogP contribution in [0, 0.1) is 0 Å². The van der Waals surface area contributed by atoms with Crippen LogP contribution < -0.4 is 0 Å². The Bertz CT molecular complexity index is 584. The van der Waals surface area contributed by atoms with Gasteiger partial charge >= 0.3 is 0 Å². The first-order valence-corrected chi connectivity index (χ1v) is 6.56. The number of aryl methyl sites for hydroxylation is 2. The van der Waals surface area contributed by atoms with Crippen molar-refractivity contribution >= 4 is 11.0 Å². The zero-order valence-corrected chi connectivity index (χ0v) is 11.0. The standard InChI is InChI=1S/C15H19NO2/c1-16(2)9-11-12(17)7-8-14-15(11)10-5-3-4-6-13(10)18-14/h7-8,17H,3-6,9H2,1-2H3. The second-order valence-electron chi connectivity index (χ2n) is 5.39. The summed E-state index contributed by atoms with van der Waals surface area (Å²) in [6, 6.07) is 3.64. The molecule has 0 unspecified atom stereocenters. The van der Waals surface area contributed by atoms with E-state index in [1.807, 2.05) is 20.2 Å². The first-order valence-electron chi connectivity index (χ1n) is 6.56. The van der Waals surface area contributed by atoms with Gasteiger partial charge in [-0.15, -0.1) is 0 Å². The Morgan fingerprint density at radius 1 is 1.22 bits per heavy atom. The van der Waals surface area contributed by atoms with Crippen molar-refractivity contribution in [3.05, 3.63) is 29.0 Å². The lowest BCUT2D eigenvalue weighted by atomic mass is 9.93. The second kappa shape index (κ2) is 4.32. The molecule has 0 saturated heterocycles. The summed E-state index contributed by atoms with van der Waals surface area (Å²) in [7, 11) is 4.04. The first kappa shape index (κ1) is 11.6. The van der Waals surface area contributed by atoms with Gasteiger partial charge in [0.25, 0.3) is 0 Å². The van der Waals surface area contributed by atoms with E-state index in [0.29, 0.717) is 5.75 Å². The average molecular weight is 245 g/mol. The van der Waals surface area contributed by atoms with Gasteiger partial charge in [0.15, 0.2) is 0 Å². The van der Waals surface area contributed by atoms with Crippen molar-refractivity contribution in [2.75, 3.05) is 14.1 Å². The topological polar surface area (TPSA) is 36.6 Å². The smallest absolute Gasteiger partial charge is 0.135 e. The molecule has 3 nitrogen and oxygen atoms in total. The normalized spacial score (nSPS) is 15.3. The minimum atomic E-state index is 0.380. The number of rotatable bonds is 2. The molecule has 0 saturated carbocycles. The lowest BCUT2D eigenvalue weighted by Gasteiger charge is -2.14. The maximum absolute atomic E-state index is 10.1. The highest BCUT2D eigenvalue weighted by atomic mass is 16.3. The number of phenols is 1. The summed E-state index contributed by atoms with van der Waals surface area (Å²) in [5.41, 5.74) is 3.25. The van der Waals surface area contributed by atoms with Crippen LogP contribution in [0.25, 0.3) is 11.0 Å². The van der Waals surface area contributed by atoms with Crippen LogP contribution in [0.3, 0.4) is 0 Å². The molecule has 1 aromatic heterocycles. The van der Waals surface area contributed by atoms with Crippen LogP contribution in [0.4, 0.5) is 0 Å². The molecule has 0 bridgehead atoms. The number of aromatic hydroxyl groups is 1. The van der Waals surface area contributed by atoms with Crippen molar-refractivity contribution in [3.63, 3.8) is 0 Å². The summed E-state index contributed by atoms with van der Waals surface area (Å²) in [6.45, 7) is 0.745. The Morgan fingerprint density at radius 3 is 2.78 bits per heavy atom. The molecule has 0 spiro atoms. The number of furan rings is 1. The fraction of sp³-hybridized carbons (Fsp3) is 0.467. The zero-order chi connectivity index (χ0) is 12.7. The van der Waals surface area contributed by atoms with E-state index in [4.69, 9.17) is 4.42 Å². The predicted octanol–water partition coefficient (Wildman–Crippen LogP) is 3.08. The highest BCUT2D eigenvalue weighted by Gasteiger charge is 2.21. The molecule has 0 fully saturated rings. The Hall–Kier alpha value is -1.48. The molecule has 0 radical (unpaired) electrons. The van der Waals surface area contributed by atoms with E-state index in [0.717, 1.165) is 41.7 Å². The monoisotopic (exact) mass is 245 g/mol. The highest BCUT2D eigenvalue weighted by Crippen LogP contribution is 2.37. The van der Waals surface area contributed by atoms with Gasteiger partial charge in [-0.2, -0.15) is 0 Å². The lowest BCUT2D eigenvalue weighted by Crippen LogP contribution is -2.11. The molecule has 1 heterocycles. The molecule has 3 rings (SSSR count). The number of phenolic OH excluding ortho intramolecular Hbond substituents is 1. The van der Waals surface area contributed by atoms with E-state index in [-0.39, 0.29) is 0 Å². The summed E-state index contributed by atoms with van der Waals surface area (Å²) < 4.78 is 5.94. The van der Waals surface area contributed by atoms with Gasteiger partial charge < -0.3 is 14.4 Å². The van der Waals surface area contributed by atoms with E-state index in [2.05, 4.69) is 4.90 Å². The van der Waals surface area contributed by atoms with Crippen molar-refractivity contribution in [2.45, 2.75) is 32.2 Å². The molecular weight excluding hydrogens is 226 g/mol. The largest absolute Gasteiger partial charge is 0.508 e. The van der Waals surface area contributed by atoms with E-state index in [1.54, 1.807) is 6.07 Å². The maximum atomic E-state index is 10.1. The molecule has 0 aliphatic heterocycles. The minimum Gasteiger partial charge on any atom is -0.508 e. The van der Waals surface area contributed by atoms with E-state index >= 15 is 0 Å². The van der Waals surface area contributed by atoms with Gasteiger partial charge in [-0.3, -0.25) is 0 Å². The third-order valence-electron chi connectivity index (χ3n) is 3.68. The van der Waals surface area contributed by atoms with E-state index in [9.17, 15) is 5.11 Å². The zero-order valence-electron chi connectivity index (χ0n) is 11.0. The molecule has 3 heteroatoms. The van der Waals surface area contributed by atoms with Gasteiger partial charge in [-0.25, -0.2) is 0 Å². The lowest BCUT2D eigenvalue weighted by molar-refractivity contribution is 0.388. The fourth-order valence-corrected chi connectivity index (χ4v) is 2.89. The SMILES string of the molecule is CN(C)Cc1c(O)ccc2oc3c(c12)CCCC3. The Labute approximate surface area is 107 Å². The molecule has 1 aliphatic rings. The molecule has 96 valence electrons. The van der Waals surface area contributed by atoms with Crippen molar-refractivity contribution in [1.82, 2.24) is 4.90 Å². The Morgan fingerprint density at radius 2 is 2.00 bits per heavy atom. The summed E-state index contributed by atoms with van der Waals surface area (Å²) in [5, 5.41) is 11.3. The van der Waals surface area contributed by atoms with Crippen LogP contribution in [0.15, 0.2) is 16.5 Å². The molecular formula is C15H19NO2. The van der Waals surface area contributed by atoms with Crippen molar-refractivity contribution < 1.29 is 9.52 Å². The van der Waals surface area contributed by atoms with Gasteiger partial charge in [-0.1, -0.05) is 0 Å². The molecule has 1 aromatic carbocycles. The van der Waals surface area contributed by atoms with Gasteiger partial charge in [0.1, 0.15) is 17.1 Å². The third-order valence-corrected chi connectivity index (χ3v) is 3.68. The van der Waals surface area contributed by atoms with Gasteiger partial charge in [-0.05, 0) is 45.5 Å². The van der Waals surface area contributed by atoms with Gasteiger partial charge in [0, 0.05) is 29.5 Å². The van der Waals surface area contributed by atoms with Crippen LogP contribution in [0.5, 0.6) is 5.75 Å². The molecule has 1 aliphatic carbocycles. The van der Waals surface area contributed by atoms with Crippen LogP contribution in [-0.2, 0) is 19.4 Å². The third kappa shape index (κ3) is 1.79. The number of hydrogen-bond acceptors (Lipinski definition) is 3. The Balaban J connectivity index is 2.24. The average Bonchev–Trinajstić information content (AvgIpc) is 2.71. The van der Waals surface area contributed by atoms with Crippen LogP contribution in [0.2, 0.25) is 0 Å². The fourth-order valence-electron chi connectivity index (χ4n) is 2.89. The summed E-state index contributed by atoms with van der Waals surface area (Å²) in [4.78, 5) is 2.08. The molecule has 18 heavy (non-hydrogen) atoms. The van der Waals surface area contributed by atoms with Crippen molar-refractivity contribution in [1.29, 1.82) is 0 Å². The highest BCUT2D eigenvalue weighted by molar-refractivity contribution is 5.88. The van der Waals surface area contributed by atoms with Crippen molar-refractivity contribution in [3.8, 4) is 5.75 Å². The summed E-state index contributed by atoms with van der Waals surface area (Å²) in [5.74, 6) is 1.51. The number of fused-ring (bicyclic) bond motifs is 3. The molecule has 2 aromatic rings. The predicted molar refractivity (Wildman–Crippen MR) is 71.9 cm³/mol. The van der Waals surface area contributed by atoms with Crippen LogP contribution >= 0.6 is 0 Å². The van der Waals surface area contributed by atoms with E-state index in [1.165, 1.54) is 18.4 Å². The van der Waals surface area contributed by atoms with Gasteiger partial charge in [0.2, 0.25) is 0 Å². The Kier molecular flexibility index (Phi) is 2.78. The first-order chi connectivity index (χ1) is 8.66. The maximum Gasteiger partial charge on any atom is 0.135 e. The van der Waals surface area contributed by atoms with Gasteiger partial charge in [0.05, 0.1) is 0 Å². The number of hydrogen-bond donors (Lipinski definition) is 1. The molecule has 0 atom stereocenters. The number of nitrogens with zero attached hydrogens (tertiary/aromatic N) is 1. The second-order valence-corrected chi connectivity index (χ2v) is 5.39. The van der Waals surface area contributed by atoms with Crippen LogP contribution in [0.1, 0.15) is 29.7 Å².